The number of carbonyl (C=O) groups excluding carboxylic acids is 1. The van der Waals surface area contributed by atoms with E-state index in [1.165, 1.54) is 0 Å². The highest BCUT2D eigenvalue weighted by Crippen LogP contribution is 2.16. The van der Waals surface area contributed by atoms with Gasteiger partial charge in [-0.15, -0.1) is 0 Å². The second kappa shape index (κ2) is 7.63. The Morgan fingerprint density at radius 2 is 1.50 bits per heavy atom. The van der Waals surface area contributed by atoms with Crippen LogP contribution in [0.5, 0.6) is 0 Å². The maximum atomic E-state index is 11.7. The van der Waals surface area contributed by atoms with Crippen molar-refractivity contribution in [3.63, 3.8) is 0 Å². The van der Waals surface area contributed by atoms with Gasteiger partial charge in [0.2, 0.25) is 0 Å². The van der Waals surface area contributed by atoms with Gasteiger partial charge in [-0.1, -0.05) is 18.7 Å². The summed E-state index contributed by atoms with van der Waals surface area (Å²) in [4.78, 5) is 11.7. The molecule has 0 saturated heterocycles. The van der Waals surface area contributed by atoms with Crippen molar-refractivity contribution in [1.29, 1.82) is 0 Å². The molecule has 0 aliphatic heterocycles. The van der Waals surface area contributed by atoms with Crippen molar-refractivity contribution < 1.29 is 14.3 Å². The van der Waals surface area contributed by atoms with Crippen LogP contribution in [0.15, 0.2) is 24.3 Å². The average molecular weight is 282 g/mol. The van der Waals surface area contributed by atoms with Crippen LogP contribution in [0, 0.1) is 0 Å². The molecule has 0 heterocycles. The van der Waals surface area contributed by atoms with Crippen molar-refractivity contribution in [1.82, 2.24) is 0 Å². The normalized spacial score (nSPS) is 12.1. The van der Waals surface area contributed by atoms with Gasteiger partial charge in [-0.2, -0.15) is 0 Å². The van der Waals surface area contributed by atoms with Gasteiger partial charge < -0.3 is 9.47 Å². The quantitative estimate of drug-likeness (QED) is 0.394. The lowest BCUT2D eigenvalue weighted by molar-refractivity contribution is -0.150. The zero-order chi connectivity index (χ0) is 16.0. The highest BCUT2D eigenvalue weighted by atomic mass is 16.6. The lowest BCUT2D eigenvalue weighted by atomic mass is 10.1. The Balaban J connectivity index is 3.92. The van der Waals surface area contributed by atoms with E-state index in [1.54, 1.807) is 0 Å². The zero-order valence-electron chi connectivity index (χ0n) is 14.0. The molecule has 0 unspecified atom stereocenters. The Morgan fingerprint density at radius 1 is 0.950 bits per heavy atom. The minimum absolute atomic E-state index is 0.150. The number of esters is 1. The van der Waals surface area contributed by atoms with Gasteiger partial charge in [0.15, 0.2) is 0 Å². The SMILES string of the molecule is C=C(CCCC(=C)C(=O)OC(C)(C)C)COC(C)(C)C. The van der Waals surface area contributed by atoms with Crippen molar-refractivity contribution in [3.05, 3.63) is 24.3 Å². The van der Waals surface area contributed by atoms with Crippen molar-refractivity contribution in [3.8, 4) is 0 Å². The highest BCUT2D eigenvalue weighted by Gasteiger charge is 2.18. The van der Waals surface area contributed by atoms with E-state index >= 15 is 0 Å². The smallest absolute Gasteiger partial charge is 0.333 e. The molecule has 0 saturated carbocycles. The third kappa shape index (κ3) is 10.8. The van der Waals surface area contributed by atoms with Gasteiger partial charge >= 0.3 is 5.97 Å². The molecule has 0 radical (unpaired) electrons. The monoisotopic (exact) mass is 282 g/mol. The summed E-state index contributed by atoms with van der Waals surface area (Å²) in [6.45, 7) is 19.9. The average Bonchev–Trinajstić information content (AvgIpc) is 2.22. The number of carbonyl (C=O) groups is 1. The molecule has 20 heavy (non-hydrogen) atoms. The molecule has 0 N–H and O–H groups in total. The lowest BCUT2D eigenvalue weighted by Crippen LogP contribution is -2.24. The Kier molecular flexibility index (Phi) is 7.21. The van der Waals surface area contributed by atoms with Crippen molar-refractivity contribution in [2.24, 2.45) is 0 Å². The fourth-order valence-electron chi connectivity index (χ4n) is 1.39. The van der Waals surface area contributed by atoms with E-state index in [1.807, 2.05) is 41.5 Å². The Hall–Kier alpha value is -1.09. The second-order valence-electron chi connectivity index (χ2n) is 7.11. The van der Waals surface area contributed by atoms with Crippen LogP contribution >= 0.6 is 0 Å². The van der Waals surface area contributed by atoms with E-state index in [2.05, 4.69) is 13.2 Å². The van der Waals surface area contributed by atoms with Crippen LogP contribution < -0.4 is 0 Å². The van der Waals surface area contributed by atoms with Gasteiger partial charge in [-0.05, 0) is 60.8 Å². The Morgan fingerprint density at radius 3 is 1.95 bits per heavy atom. The fourth-order valence-corrected chi connectivity index (χ4v) is 1.39. The van der Waals surface area contributed by atoms with Crippen LogP contribution in [-0.4, -0.2) is 23.8 Å². The number of hydrogen-bond donors (Lipinski definition) is 0. The molecule has 116 valence electrons. The molecule has 0 spiro atoms. The van der Waals surface area contributed by atoms with Crippen LogP contribution in [0.1, 0.15) is 60.8 Å². The minimum atomic E-state index is -0.468. The summed E-state index contributed by atoms with van der Waals surface area (Å²) in [5.41, 5.74) is 0.939. The van der Waals surface area contributed by atoms with Crippen LogP contribution in [0.3, 0.4) is 0 Å². The topological polar surface area (TPSA) is 35.5 Å². The third-order valence-corrected chi connectivity index (χ3v) is 2.41. The van der Waals surface area contributed by atoms with Gasteiger partial charge in [0, 0.05) is 5.57 Å². The molecule has 0 aromatic carbocycles. The first kappa shape index (κ1) is 18.9. The summed E-state index contributed by atoms with van der Waals surface area (Å²) in [7, 11) is 0. The molecule has 0 atom stereocenters. The molecule has 0 aromatic heterocycles. The second-order valence-corrected chi connectivity index (χ2v) is 7.11. The Bertz CT molecular complexity index is 353. The molecule has 0 aromatic rings. The van der Waals surface area contributed by atoms with Gasteiger partial charge in [-0.3, -0.25) is 0 Å². The molecule has 0 aliphatic rings. The largest absolute Gasteiger partial charge is 0.457 e. The van der Waals surface area contributed by atoms with E-state index in [0.29, 0.717) is 18.6 Å². The molecule has 3 heteroatoms. The van der Waals surface area contributed by atoms with Crippen LogP contribution in [-0.2, 0) is 14.3 Å². The van der Waals surface area contributed by atoms with Crippen LogP contribution in [0.25, 0.3) is 0 Å². The molecular weight excluding hydrogens is 252 g/mol. The molecule has 0 fully saturated rings. The number of rotatable bonds is 7. The summed E-state index contributed by atoms with van der Waals surface area (Å²) in [6, 6.07) is 0. The number of ether oxygens (including phenoxy) is 2. The van der Waals surface area contributed by atoms with Gasteiger partial charge in [0.25, 0.3) is 0 Å². The number of hydrogen-bond acceptors (Lipinski definition) is 3. The maximum absolute atomic E-state index is 11.7. The molecule has 0 amide bonds. The summed E-state index contributed by atoms with van der Waals surface area (Å²) < 4.78 is 10.9. The Labute approximate surface area is 124 Å². The highest BCUT2D eigenvalue weighted by molar-refractivity contribution is 5.87. The summed E-state index contributed by atoms with van der Waals surface area (Å²) in [5, 5.41) is 0. The zero-order valence-corrected chi connectivity index (χ0v) is 14.0. The predicted octanol–water partition coefficient (Wildman–Crippen LogP) is 4.43. The van der Waals surface area contributed by atoms with E-state index in [4.69, 9.17) is 9.47 Å². The van der Waals surface area contributed by atoms with E-state index < -0.39 is 5.60 Å². The van der Waals surface area contributed by atoms with Crippen LogP contribution in [0.2, 0.25) is 0 Å². The molecule has 0 aliphatic carbocycles. The van der Waals surface area contributed by atoms with E-state index in [9.17, 15) is 4.79 Å². The summed E-state index contributed by atoms with van der Waals surface area (Å²) >= 11 is 0. The fraction of sp³-hybridized carbons (Fsp3) is 0.706. The first-order valence-electron chi connectivity index (χ1n) is 7.12. The van der Waals surface area contributed by atoms with Crippen molar-refractivity contribution >= 4 is 5.97 Å². The minimum Gasteiger partial charge on any atom is -0.457 e. The van der Waals surface area contributed by atoms with Crippen LogP contribution in [0.4, 0.5) is 0 Å². The summed E-state index contributed by atoms with van der Waals surface area (Å²) in [5.74, 6) is -0.311. The van der Waals surface area contributed by atoms with E-state index in [-0.39, 0.29) is 11.6 Å². The molecular formula is C17H30O3. The van der Waals surface area contributed by atoms with Gasteiger partial charge in [0.05, 0.1) is 12.2 Å². The molecule has 0 rings (SSSR count). The van der Waals surface area contributed by atoms with E-state index in [0.717, 1.165) is 18.4 Å². The first-order chi connectivity index (χ1) is 8.91. The van der Waals surface area contributed by atoms with Crippen molar-refractivity contribution in [2.75, 3.05) is 6.61 Å². The molecule has 0 bridgehead atoms. The van der Waals surface area contributed by atoms with Gasteiger partial charge in [-0.25, -0.2) is 4.79 Å². The van der Waals surface area contributed by atoms with Gasteiger partial charge in [0.1, 0.15) is 5.60 Å². The molecule has 3 nitrogen and oxygen atoms in total. The third-order valence-electron chi connectivity index (χ3n) is 2.41. The standard InChI is InChI=1S/C17H30O3/c1-13(12-19-16(3,4)5)10-9-11-14(2)15(18)20-17(6,7)8/h1-2,9-12H2,3-8H3. The first-order valence-corrected chi connectivity index (χ1v) is 7.12. The van der Waals surface area contributed by atoms with Crippen molar-refractivity contribution in [2.45, 2.75) is 72.0 Å². The predicted molar refractivity (Wildman–Crippen MR) is 83.7 cm³/mol. The lowest BCUT2D eigenvalue weighted by Gasteiger charge is -2.21. The maximum Gasteiger partial charge on any atom is 0.333 e. The summed E-state index contributed by atoms with van der Waals surface area (Å²) in [6.07, 6.45) is 2.30.